The van der Waals surface area contributed by atoms with E-state index in [9.17, 15) is 4.79 Å². The molecule has 0 radical (unpaired) electrons. The molecule has 0 N–H and O–H groups in total. The second-order valence-corrected chi connectivity index (χ2v) is 5.18. The van der Waals surface area contributed by atoms with Gasteiger partial charge in [-0.2, -0.15) is 0 Å². The molecule has 0 atom stereocenters. The third kappa shape index (κ3) is 4.02. The van der Waals surface area contributed by atoms with Gasteiger partial charge < -0.3 is 4.90 Å². The average molecular weight is 245 g/mol. The van der Waals surface area contributed by atoms with Crippen LogP contribution in [0.3, 0.4) is 0 Å². The average Bonchev–Trinajstić information content (AvgIpc) is 2.27. The summed E-state index contributed by atoms with van der Waals surface area (Å²) < 4.78 is 0. The van der Waals surface area contributed by atoms with E-state index < -0.39 is 0 Å². The Morgan fingerprint density at radius 1 is 1.06 bits per heavy atom. The lowest BCUT2D eigenvalue weighted by atomic mass is 10.1. The van der Waals surface area contributed by atoms with Crippen molar-refractivity contribution < 1.29 is 4.79 Å². The van der Waals surface area contributed by atoms with Crippen LogP contribution in [0.4, 0.5) is 0 Å². The molecule has 0 aliphatic heterocycles. The van der Waals surface area contributed by atoms with Gasteiger partial charge in [0.1, 0.15) is 0 Å². The van der Waals surface area contributed by atoms with Crippen LogP contribution in [-0.2, 0) is 4.79 Å². The lowest BCUT2D eigenvalue weighted by Gasteiger charge is -2.29. The van der Waals surface area contributed by atoms with Crippen LogP contribution in [0.25, 0.3) is 6.08 Å². The molecule has 1 aromatic rings. The Morgan fingerprint density at radius 3 is 2.00 bits per heavy atom. The quantitative estimate of drug-likeness (QED) is 0.741. The fourth-order valence-corrected chi connectivity index (χ4v) is 2.04. The molecule has 1 rings (SSSR count). The standard InChI is InChI=1S/C16H23NO/c1-12(2)17(13(3)4)16(18)11-10-15-8-6-14(5)7-9-15/h6-13H,1-5H3. The monoisotopic (exact) mass is 245 g/mol. The number of amides is 1. The molecule has 0 aliphatic carbocycles. The van der Waals surface area contributed by atoms with Gasteiger partial charge in [0.2, 0.25) is 5.91 Å². The van der Waals surface area contributed by atoms with E-state index in [4.69, 9.17) is 0 Å². The van der Waals surface area contributed by atoms with Crippen LogP contribution in [0.5, 0.6) is 0 Å². The molecule has 2 nitrogen and oxygen atoms in total. The van der Waals surface area contributed by atoms with Crippen molar-refractivity contribution in [1.29, 1.82) is 0 Å². The Kier molecular flexibility index (Phi) is 5.14. The Balaban J connectivity index is 2.77. The Bertz CT molecular complexity index is 407. The zero-order chi connectivity index (χ0) is 13.7. The van der Waals surface area contributed by atoms with Gasteiger partial charge in [0.25, 0.3) is 0 Å². The molecule has 2 heteroatoms. The van der Waals surface area contributed by atoms with E-state index >= 15 is 0 Å². The molecule has 0 aromatic heterocycles. The number of aryl methyl sites for hydroxylation is 1. The van der Waals surface area contributed by atoms with E-state index in [1.807, 2.05) is 62.9 Å². The third-order valence-electron chi connectivity index (χ3n) is 2.86. The summed E-state index contributed by atoms with van der Waals surface area (Å²) in [5.74, 6) is 0.0700. The van der Waals surface area contributed by atoms with E-state index in [1.54, 1.807) is 6.08 Å². The third-order valence-corrected chi connectivity index (χ3v) is 2.86. The van der Waals surface area contributed by atoms with Crippen molar-refractivity contribution in [2.45, 2.75) is 46.7 Å². The highest BCUT2D eigenvalue weighted by Crippen LogP contribution is 2.09. The van der Waals surface area contributed by atoms with Crippen molar-refractivity contribution in [2.75, 3.05) is 0 Å². The predicted octanol–water partition coefficient (Wildman–Crippen LogP) is 3.65. The Morgan fingerprint density at radius 2 is 1.56 bits per heavy atom. The number of rotatable bonds is 4. The fraction of sp³-hybridized carbons (Fsp3) is 0.438. The molecular weight excluding hydrogens is 222 g/mol. The number of nitrogens with zero attached hydrogens (tertiary/aromatic N) is 1. The van der Waals surface area contributed by atoms with Crippen LogP contribution in [0, 0.1) is 6.92 Å². The van der Waals surface area contributed by atoms with Crippen molar-refractivity contribution in [3.8, 4) is 0 Å². The maximum absolute atomic E-state index is 12.1. The molecule has 98 valence electrons. The summed E-state index contributed by atoms with van der Waals surface area (Å²) in [6.07, 6.45) is 3.53. The zero-order valence-electron chi connectivity index (χ0n) is 12.0. The van der Waals surface area contributed by atoms with Gasteiger partial charge >= 0.3 is 0 Å². The molecular formula is C16H23NO. The van der Waals surface area contributed by atoms with Gasteiger partial charge in [0, 0.05) is 18.2 Å². The van der Waals surface area contributed by atoms with Gasteiger partial charge in [-0.1, -0.05) is 29.8 Å². The SMILES string of the molecule is Cc1ccc(C=CC(=O)N(C(C)C)C(C)C)cc1. The first-order valence-corrected chi connectivity index (χ1v) is 6.49. The van der Waals surface area contributed by atoms with Crippen molar-refractivity contribution in [3.63, 3.8) is 0 Å². The van der Waals surface area contributed by atoms with Gasteiger partial charge in [-0.3, -0.25) is 4.79 Å². The van der Waals surface area contributed by atoms with Crippen LogP contribution in [-0.4, -0.2) is 22.9 Å². The van der Waals surface area contributed by atoms with Gasteiger partial charge in [-0.25, -0.2) is 0 Å². The smallest absolute Gasteiger partial charge is 0.247 e. The van der Waals surface area contributed by atoms with Crippen molar-refractivity contribution >= 4 is 12.0 Å². The maximum Gasteiger partial charge on any atom is 0.247 e. The maximum atomic E-state index is 12.1. The van der Waals surface area contributed by atoms with E-state index in [1.165, 1.54) is 5.56 Å². The summed E-state index contributed by atoms with van der Waals surface area (Å²) in [6, 6.07) is 8.59. The molecule has 1 aromatic carbocycles. The molecule has 0 saturated carbocycles. The molecule has 18 heavy (non-hydrogen) atoms. The summed E-state index contributed by atoms with van der Waals surface area (Å²) in [5.41, 5.74) is 2.28. The van der Waals surface area contributed by atoms with Crippen LogP contribution >= 0.6 is 0 Å². The Labute approximate surface area is 110 Å². The first kappa shape index (κ1) is 14.5. The lowest BCUT2D eigenvalue weighted by molar-refractivity contribution is -0.129. The van der Waals surface area contributed by atoms with Crippen LogP contribution < -0.4 is 0 Å². The molecule has 0 aliphatic rings. The predicted molar refractivity (Wildman–Crippen MR) is 77.3 cm³/mol. The van der Waals surface area contributed by atoms with Crippen molar-refractivity contribution in [3.05, 3.63) is 41.5 Å². The van der Waals surface area contributed by atoms with Crippen LogP contribution in [0.2, 0.25) is 0 Å². The second-order valence-electron chi connectivity index (χ2n) is 5.18. The summed E-state index contributed by atoms with van der Waals surface area (Å²) >= 11 is 0. The molecule has 0 spiro atoms. The highest BCUT2D eigenvalue weighted by atomic mass is 16.2. The van der Waals surface area contributed by atoms with E-state index in [2.05, 4.69) is 6.92 Å². The molecule has 0 unspecified atom stereocenters. The number of benzene rings is 1. The van der Waals surface area contributed by atoms with Crippen molar-refractivity contribution in [1.82, 2.24) is 4.90 Å². The highest BCUT2D eigenvalue weighted by Gasteiger charge is 2.17. The fourth-order valence-electron chi connectivity index (χ4n) is 2.04. The minimum atomic E-state index is 0.0700. The van der Waals surface area contributed by atoms with E-state index in [0.717, 1.165) is 5.56 Å². The molecule has 0 fully saturated rings. The summed E-state index contributed by atoms with van der Waals surface area (Å²) in [4.78, 5) is 14.0. The largest absolute Gasteiger partial charge is 0.334 e. The first-order chi connectivity index (χ1) is 8.41. The number of hydrogen-bond acceptors (Lipinski definition) is 1. The van der Waals surface area contributed by atoms with Crippen molar-refractivity contribution in [2.24, 2.45) is 0 Å². The van der Waals surface area contributed by atoms with Crippen LogP contribution in [0.1, 0.15) is 38.8 Å². The van der Waals surface area contributed by atoms with Gasteiger partial charge in [-0.05, 0) is 46.3 Å². The second kappa shape index (κ2) is 6.39. The molecule has 0 saturated heterocycles. The minimum Gasteiger partial charge on any atom is -0.334 e. The number of hydrogen-bond donors (Lipinski definition) is 0. The number of carbonyl (C=O) groups excluding carboxylic acids is 1. The summed E-state index contributed by atoms with van der Waals surface area (Å²) in [7, 11) is 0. The normalized spacial score (nSPS) is 11.5. The number of carbonyl (C=O) groups is 1. The Hall–Kier alpha value is -1.57. The van der Waals surface area contributed by atoms with E-state index in [-0.39, 0.29) is 18.0 Å². The van der Waals surface area contributed by atoms with Gasteiger partial charge in [0.15, 0.2) is 0 Å². The van der Waals surface area contributed by atoms with Gasteiger partial charge in [0.05, 0.1) is 0 Å². The first-order valence-electron chi connectivity index (χ1n) is 6.49. The topological polar surface area (TPSA) is 20.3 Å². The molecule has 1 amide bonds. The summed E-state index contributed by atoms with van der Waals surface area (Å²) in [5, 5.41) is 0. The van der Waals surface area contributed by atoms with Crippen LogP contribution in [0.15, 0.2) is 30.3 Å². The minimum absolute atomic E-state index is 0.0700. The lowest BCUT2D eigenvalue weighted by Crippen LogP contribution is -2.41. The molecule has 0 bridgehead atoms. The highest BCUT2D eigenvalue weighted by molar-refractivity contribution is 5.92. The van der Waals surface area contributed by atoms with Gasteiger partial charge in [-0.15, -0.1) is 0 Å². The summed E-state index contributed by atoms with van der Waals surface area (Å²) in [6.45, 7) is 10.2. The van der Waals surface area contributed by atoms with E-state index in [0.29, 0.717) is 0 Å². The zero-order valence-corrected chi connectivity index (χ0v) is 12.0. The molecule has 0 heterocycles.